The highest BCUT2D eigenvalue weighted by Crippen LogP contribution is 2.38. The fourth-order valence-electron chi connectivity index (χ4n) is 3.72. The van der Waals surface area contributed by atoms with E-state index in [1.54, 1.807) is 36.4 Å². The van der Waals surface area contributed by atoms with Gasteiger partial charge >= 0.3 is 5.76 Å². The summed E-state index contributed by atoms with van der Waals surface area (Å²) in [5.41, 5.74) is 6.24. The molecule has 3 N–H and O–H groups in total. The first-order chi connectivity index (χ1) is 18.0. The number of rotatable bonds is 9. The summed E-state index contributed by atoms with van der Waals surface area (Å²) in [6, 6.07) is 10.1. The van der Waals surface area contributed by atoms with Crippen molar-refractivity contribution in [1.29, 1.82) is 0 Å². The van der Waals surface area contributed by atoms with Crippen LogP contribution in [0, 0.1) is 0 Å². The second kappa shape index (κ2) is 10.5. The summed E-state index contributed by atoms with van der Waals surface area (Å²) in [4.78, 5) is 39.4. The molecule has 0 aliphatic carbocycles. The van der Waals surface area contributed by atoms with E-state index >= 15 is 0 Å². The Bertz CT molecular complexity index is 1480. The van der Waals surface area contributed by atoms with Crippen LogP contribution in [0.15, 0.2) is 51.9 Å². The zero-order valence-electron chi connectivity index (χ0n) is 19.7. The molecule has 1 fully saturated rings. The molecule has 1 unspecified atom stereocenters. The van der Waals surface area contributed by atoms with E-state index in [9.17, 15) is 9.59 Å². The third kappa shape index (κ3) is 5.26. The number of aromatic amines is 1. The number of ether oxygens (including phenoxy) is 4. The molecule has 1 saturated heterocycles. The van der Waals surface area contributed by atoms with Gasteiger partial charge in [0.25, 0.3) is 11.8 Å². The standard InChI is InChI=1S/C24H22N6O7/c1-33-16-6-2-3-7-17(16)36-19-18(20(25)31)27-21(28-23(19)35-12-14-5-4-10-34-14)13-8-9-26-15(11-13)22-29-24(32)37-30-22/h2-3,6-9,11,14H,4-5,10,12H2,1H3,(H2,25,31)(H,29,30,32). The lowest BCUT2D eigenvalue weighted by Gasteiger charge is -2.18. The summed E-state index contributed by atoms with van der Waals surface area (Å²) in [6.07, 6.45) is 3.08. The van der Waals surface area contributed by atoms with Gasteiger partial charge in [-0.25, -0.2) is 9.78 Å². The number of amides is 1. The topological polar surface area (TPSA) is 178 Å². The van der Waals surface area contributed by atoms with Crippen molar-refractivity contribution in [3.05, 3.63) is 58.8 Å². The van der Waals surface area contributed by atoms with Crippen molar-refractivity contribution in [3.63, 3.8) is 0 Å². The number of para-hydroxylation sites is 2. The van der Waals surface area contributed by atoms with E-state index in [1.165, 1.54) is 13.3 Å². The maximum absolute atomic E-state index is 12.5. The Kier molecular flexibility index (Phi) is 6.76. The van der Waals surface area contributed by atoms with Crippen LogP contribution in [0.1, 0.15) is 23.3 Å². The Morgan fingerprint density at radius 1 is 1.22 bits per heavy atom. The largest absolute Gasteiger partial charge is 0.493 e. The molecule has 0 spiro atoms. The first-order valence-corrected chi connectivity index (χ1v) is 11.3. The number of pyridine rings is 1. The minimum Gasteiger partial charge on any atom is -0.493 e. The number of benzene rings is 1. The average molecular weight is 506 g/mol. The molecule has 1 aliphatic rings. The third-order valence-electron chi connectivity index (χ3n) is 5.48. The minimum absolute atomic E-state index is 0.00610. The Morgan fingerprint density at radius 2 is 2.05 bits per heavy atom. The molecule has 1 aromatic carbocycles. The molecule has 13 heteroatoms. The lowest BCUT2D eigenvalue weighted by molar-refractivity contribution is 0.0653. The highest BCUT2D eigenvalue weighted by molar-refractivity contribution is 5.95. The van der Waals surface area contributed by atoms with Gasteiger partial charge in [0.2, 0.25) is 11.6 Å². The van der Waals surface area contributed by atoms with Gasteiger partial charge in [-0.2, -0.15) is 4.98 Å². The average Bonchev–Trinajstić information content (AvgIpc) is 3.60. The molecule has 13 nitrogen and oxygen atoms in total. The molecule has 0 radical (unpaired) electrons. The first kappa shape index (κ1) is 23.9. The van der Waals surface area contributed by atoms with Gasteiger partial charge in [-0.05, 0) is 37.1 Å². The van der Waals surface area contributed by atoms with Crippen LogP contribution >= 0.6 is 0 Å². The fourth-order valence-corrected chi connectivity index (χ4v) is 3.72. The van der Waals surface area contributed by atoms with Crippen LogP contribution in [-0.4, -0.2) is 57.4 Å². The van der Waals surface area contributed by atoms with Crippen molar-refractivity contribution < 1.29 is 28.3 Å². The van der Waals surface area contributed by atoms with E-state index in [1.807, 2.05) is 0 Å². The molecule has 190 valence electrons. The predicted molar refractivity (Wildman–Crippen MR) is 127 cm³/mol. The summed E-state index contributed by atoms with van der Waals surface area (Å²) >= 11 is 0. The number of nitrogens with two attached hydrogens (primary N) is 1. The number of carbonyl (C=O) groups excluding carboxylic acids is 1. The maximum Gasteiger partial charge on any atom is 0.439 e. The Morgan fingerprint density at radius 3 is 2.76 bits per heavy atom. The van der Waals surface area contributed by atoms with E-state index in [2.05, 4.69) is 29.6 Å². The SMILES string of the molecule is COc1ccccc1Oc1c(OCC2CCCO2)nc(-c2ccnc(-c3noc(=O)[nH]3)c2)nc1C(N)=O. The number of hydrogen-bond donors (Lipinski definition) is 2. The number of aromatic nitrogens is 5. The highest BCUT2D eigenvalue weighted by atomic mass is 16.6. The molecule has 3 aromatic heterocycles. The molecule has 1 atom stereocenters. The number of carbonyl (C=O) groups is 1. The van der Waals surface area contributed by atoms with Crippen molar-refractivity contribution in [2.45, 2.75) is 18.9 Å². The van der Waals surface area contributed by atoms with Gasteiger partial charge in [0.05, 0.1) is 13.2 Å². The Hall–Kier alpha value is -4.78. The van der Waals surface area contributed by atoms with Gasteiger partial charge in [0.1, 0.15) is 12.3 Å². The number of primary amides is 1. The van der Waals surface area contributed by atoms with Crippen LogP contribution < -0.4 is 25.7 Å². The molecule has 4 heterocycles. The lowest BCUT2D eigenvalue weighted by atomic mass is 10.2. The summed E-state index contributed by atoms with van der Waals surface area (Å²) in [5, 5.41) is 3.64. The zero-order chi connectivity index (χ0) is 25.8. The second-order valence-electron chi connectivity index (χ2n) is 7.97. The van der Waals surface area contributed by atoms with E-state index in [0.717, 1.165) is 12.8 Å². The molecular weight excluding hydrogens is 484 g/mol. The molecule has 0 bridgehead atoms. The van der Waals surface area contributed by atoms with E-state index in [-0.39, 0.29) is 41.7 Å². The van der Waals surface area contributed by atoms with Crippen molar-refractivity contribution >= 4 is 5.91 Å². The summed E-state index contributed by atoms with van der Waals surface area (Å²) < 4.78 is 27.6. The van der Waals surface area contributed by atoms with Gasteiger partial charge in [-0.15, -0.1) is 0 Å². The van der Waals surface area contributed by atoms with E-state index in [0.29, 0.717) is 29.4 Å². The quantitative estimate of drug-likeness (QED) is 0.340. The second-order valence-corrected chi connectivity index (χ2v) is 7.97. The number of nitrogens with one attached hydrogen (secondary N) is 1. The summed E-state index contributed by atoms with van der Waals surface area (Å²) in [7, 11) is 1.49. The van der Waals surface area contributed by atoms with Gasteiger partial charge in [-0.1, -0.05) is 17.3 Å². The normalized spacial score (nSPS) is 14.9. The Labute approximate surface area is 209 Å². The van der Waals surface area contributed by atoms with Crippen molar-refractivity contribution in [2.24, 2.45) is 5.73 Å². The molecule has 0 saturated carbocycles. The van der Waals surface area contributed by atoms with E-state index < -0.39 is 11.7 Å². The van der Waals surface area contributed by atoms with Gasteiger partial charge in [0, 0.05) is 18.4 Å². The summed E-state index contributed by atoms with van der Waals surface area (Å²) in [6.45, 7) is 0.822. The van der Waals surface area contributed by atoms with Crippen molar-refractivity contribution in [1.82, 2.24) is 25.1 Å². The van der Waals surface area contributed by atoms with Gasteiger partial charge < -0.3 is 24.7 Å². The maximum atomic E-state index is 12.5. The van der Waals surface area contributed by atoms with E-state index in [4.69, 9.17) is 24.7 Å². The highest BCUT2D eigenvalue weighted by Gasteiger charge is 2.26. The molecule has 37 heavy (non-hydrogen) atoms. The summed E-state index contributed by atoms with van der Waals surface area (Å²) in [5.74, 6) is -0.685. The zero-order valence-corrected chi connectivity index (χ0v) is 19.7. The van der Waals surface area contributed by atoms with Crippen molar-refractivity contribution in [2.75, 3.05) is 20.3 Å². The van der Waals surface area contributed by atoms with Crippen molar-refractivity contribution in [3.8, 4) is 46.0 Å². The molecule has 1 aliphatic heterocycles. The predicted octanol–water partition coefficient (Wildman–Crippen LogP) is 2.34. The molecule has 1 amide bonds. The number of hydrogen-bond acceptors (Lipinski definition) is 11. The van der Waals surface area contributed by atoms with Gasteiger partial charge in [-0.3, -0.25) is 19.3 Å². The third-order valence-corrected chi connectivity index (χ3v) is 5.48. The monoisotopic (exact) mass is 506 g/mol. The lowest BCUT2D eigenvalue weighted by Crippen LogP contribution is -2.20. The van der Waals surface area contributed by atoms with Crippen LogP contribution in [0.4, 0.5) is 0 Å². The number of H-pyrrole nitrogens is 1. The Balaban J connectivity index is 1.59. The van der Waals surface area contributed by atoms with Gasteiger partial charge in [0.15, 0.2) is 23.0 Å². The molecular formula is C24H22N6O7. The first-order valence-electron chi connectivity index (χ1n) is 11.3. The number of nitrogens with zero attached hydrogens (tertiary/aromatic N) is 4. The molecule has 4 aromatic rings. The minimum atomic E-state index is -0.856. The number of methoxy groups -OCH3 is 1. The van der Waals surface area contributed by atoms with Crippen LogP contribution in [0.3, 0.4) is 0 Å². The molecule has 5 rings (SSSR count). The fraction of sp³-hybridized carbons (Fsp3) is 0.250. The van der Waals surface area contributed by atoms with Crippen LogP contribution in [0.25, 0.3) is 22.9 Å². The van der Waals surface area contributed by atoms with Crippen LogP contribution in [0.5, 0.6) is 23.1 Å². The van der Waals surface area contributed by atoms with Crippen LogP contribution in [-0.2, 0) is 4.74 Å². The van der Waals surface area contributed by atoms with Crippen LogP contribution in [0.2, 0.25) is 0 Å². The smallest absolute Gasteiger partial charge is 0.439 e.